The highest BCUT2D eigenvalue weighted by Crippen LogP contribution is 2.18. The van der Waals surface area contributed by atoms with Gasteiger partial charge in [0.2, 0.25) is 5.91 Å². The summed E-state index contributed by atoms with van der Waals surface area (Å²) in [4.78, 5) is 25.5. The molecule has 1 aromatic carbocycles. The van der Waals surface area contributed by atoms with Crippen molar-refractivity contribution in [2.45, 2.75) is 38.3 Å². The van der Waals surface area contributed by atoms with Crippen molar-refractivity contribution in [2.24, 2.45) is 0 Å². The Balaban J connectivity index is 1.62. The molecule has 6 nitrogen and oxygen atoms in total. The molecule has 2 N–H and O–H groups in total. The second-order valence-electron chi connectivity index (χ2n) is 5.91. The molecular weight excluding hydrogens is 294 g/mol. The van der Waals surface area contributed by atoms with E-state index in [-0.39, 0.29) is 18.0 Å². The van der Waals surface area contributed by atoms with E-state index in [0.29, 0.717) is 13.2 Å². The van der Waals surface area contributed by atoms with Crippen LogP contribution in [0.25, 0.3) is 0 Å². The van der Waals surface area contributed by atoms with Crippen LogP contribution in [0.3, 0.4) is 0 Å². The van der Waals surface area contributed by atoms with Crippen molar-refractivity contribution in [3.05, 3.63) is 30.3 Å². The number of benzene rings is 1. The predicted molar refractivity (Wildman–Crippen MR) is 88.3 cm³/mol. The molecule has 23 heavy (non-hydrogen) atoms. The van der Waals surface area contributed by atoms with E-state index in [0.717, 1.165) is 25.0 Å². The molecule has 0 saturated heterocycles. The van der Waals surface area contributed by atoms with Crippen molar-refractivity contribution in [3.63, 3.8) is 0 Å². The van der Waals surface area contributed by atoms with E-state index in [1.54, 1.807) is 6.92 Å². The molecule has 1 aliphatic rings. The molecule has 0 aromatic heterocycles. The molecule has 1 atom stereocenters. The van der Waals surface area contributed by atoms with Crippen LogP contribution in [0.2, 0.25) is 0 Å². The quantitative estimate of drug-likeness (QED) is 0.716. The first-order valence-electron chi connectivity index (χ1n) is 8.05. The number of likely N-dealkylation sites (N-methyl/N-ethyl adjacent to an activating group) is 1. The van der Waals surface area contributed by atoms with Gasteiger partial charge in [0.05, 0.1) is 12.6 Å². The lowest BCUT2D eigenvalue weighted by molar-refractivity contribution is -0.124. The number of carbonyl (C=O) groups is 2. The molecule has 0 bridgehead atoms. The molecule has 6 heteroatoms. The molecule has 0 unspecified atom stereocenters. The van der Waals surface area contributed by atoms with Gasteiger partial charge in [-0.15, -0.1) is 0 Å². The third-order valence-electron chi connectivity index (χ3n) is 3.86. The van der Waals surface area contributed by atoms with Crippen molar-refractivity contribution in [2.75, 3.05) is 20.2 Å². The molecule has 1 saturated carbocycles. The maximum atomic E-state index is 12.0. The van der Waals surface area contributed by atoms with Crippen molar-refractivity contribution >= 4 is 11.9 Å². The number of hydrogen-bond acceptors (Lipinski definition) is 4. The standard InChI is InChI=1S/C17H25N3O3/c1-13(16(21)19-17(22)18-14-9-10-14)20(2)11-6-12-23-15-7-4-3-5-8-15/h3-5,7-8,13-14H,6,9-12H2,1-2H3,(H2,18,19,21,22)/t13-/m0/s1. The van der Waals surface area contributed by atoms with Gasteiger partial charge in [-0.05, 0) is 45.4 Å². The van der Waals surface area contributed by atoms with Gasteiger partial charge in [0.15, 0.2) is 0 Å². The first kappa shape index (κ1) is 17.3. The van der Waals surface area contributed by atoms with Crippen LogP contribution in [-0.4, -0.2) is 49.1 Å². The summed E-state index contributed by atoms with van der Waals surface area (Å²) in [6.07, 6.45) is 2.80. The Morgan fingerprint density at radius 1 is 1.30 bits per heavy atom. The van der Waals surface area contributed by atoms with Gasteiger partial charge in [0.1, 0.15) is 5.75 Å². The highest BCUT2D eigenvalue weighted by atomic mass is 16.5. The minimum Gasteiger partial charge on any atom is -0.494 e. The molecule has 1 aliphatic carbocycles. The molecule has 0 aliphatic heterocycles. The molecule has 2 rings (SSSR count). The fraction of sp³-hybridized carbons (Fsp3) is 0.529. The number of nitrogens with one attached hydrogen (secondary N) is 2. The van der Waals surface area contributed by atoms with Crippen molar-refractivity contribution in [3.8, 4) is 5.75 Å². The smallest absolute Gasteiger partial charge is 0.321 e. The molecule has 0 heterocycles. The number of amides is 3. The second-order valence-corrected chi connectivity index (χ2v) is 5.91. The lowest BCUT2D eigenvalue weighted by Gasteiger charge is -2.23. The molecule has 0 spiro atoms. The van der Waals surface area contributed by atoms with Crippen molar-refractivity contribution < 1.29 is 14.3 Å². The Labute approximate surface area is 137 Å². The number of hydrogen-bond donors (Lipinski definition) is 2. The van der Waals surface area contributed by atoms with Crippen LogP contribution in [0.4, 0.5) is 4.79 Å². The summed E-state index contributed by atoms with van der Waals surface area (Å²) in [7, 11) is 1.87. The van der Waals surface area contributed by atoms with E-state index < -0.39 is 6.03 Å². The zero-order chi connectivity index (χ0) is 16.7. The van der Waals surface area contributed by atoms with Crippen LogP contribution in [-0.2, 0) is 4.79 Å². The number of imide groups is 1. The monoisotopic (exact) mass is 319 g/mol. The summed E-state index contributed by atoms with van der Waals surface area (Å²) < 4.78 is 5.62. The van der Waals surface area contributed by atoms with Crippen LogP contribution in [0.15, 0.2) is 30.3 Å². The van der Waals surface area contributed by atoms with Gasteiger partial charge in [-0.25, -0.2) is 4.79 Å². The van der Waals surface area contributed by atoms with E-state index in [9.17, 15) is 9.59 Å². The first-order valence-corrected chi connectivity index (χ1v) is 8.05. The van der Waals surface area contributed by atoms with Gasteiger partial charge in [-0.1, -0.05) is 18.2 Å². The SMILES string of the molecule is C[C@@H](C(=O)NC(=O)NC1CC1)N(C)CCCOc1ccccc1. The van der Waals surface area contributed by atoms with Crippen LogP contribution in [0.5, 0.6) is 5.75 Å². The summed E-state index contributed by atoms with van der Waals surface area (Å²) in [6, 6.07) is 9.12. The zero-order valence-electron chi connectivity index (χ0n) is 13.7. The molecule has 1 aromatic rings. The number of carbonyl (C=O) groups excluding carboxylic acids is 2. The Kier molecular flexibility index (Phi) is 6.40. The largest absolute Gasteiger partial charge is 0.494 e. The van der Waals surface area contributed by atoms with Crippen LogP contribution in [0, 0.1) is 0 Å². The Bertz CT molecular complexity index is 517. The Hall–Kier alpha value is -2.08. The van der Waals surface area contributed by atoms with E-state index in [1.807, 2.05) is 42.3 Å². The summed E-state index contributed by atoms with van der Waals surface area (Å²) in [5.41, 5.74) is 0. The molecule has 3 amide bonds. The van der Waals surface area contributed by atoms with E-state index >= 15 is 0 Å². The highest BCUT2D eigenvalue weighted by molar-refractivity contribution is 5.96. The van der Waals surface area contributed by atoms with Crippen molar-refractivity contribution in [1.29, 1.82) is 0 Å². The molecule has 1 fully saturated rings. The zero-order valence-corrected chi connectivity index (χ0v) is 13.7. The fourth-order valence-corrected chi connectivity index (χ4v) is 2.08. The normalized spacial score (nSPS) is 15.1. The first-order chi connectivity index (χ1) is 11.1. The van der Waals surface area contributed by atoms with Crippen molar-refractivity contribution in [1.82, 2.24) is 15.5 Å². The number of urea groups is 1. The lowest BCUT2D eigenvalue weighted by atomic mass is 10.2. The maximum absolute atomic E-state index is 12.0. The number of rotatable bonds is 8. The van der Waals surface area contributed by atoms with Crippen LogP contribution in [0.1, 0.15) is 26.2 Å². The van der Waals surface area contributed by atoms with E-state index in [1.165, 1.54) is 0 Å². The van der Waals surface area contributed by atoms with Gasteiger partial charge in [-0.2, -0.15) is 0 Å². The minimum absolute atomic E-state index is 0.242. The highest BCUT2D eigenvalue weighted by Gasteiger charge is 2.25. The summed E-state index contributed by atoms with van der Waals surface area (Å²) in [5.74, 6) is 0.562. The summed E-state index contributed by atoms with van der Waals surface area (Å²) >= 11 is 0. The fourth-order valence-electron chi connectivity index (χ4n) is 2.08. The van der Waals surface area contributed by atoms with Crippen LogP contribution < -0.4 is 15.4 Å². The molecular formula is C17H25N3O3. The third kappa shape index (κ3) is 6.28. The number of ether oxygens (including phenoxy) is 1. The summed E-state index contributed by atoms with van der Waals surface area (Å²) in [5, 5.41) is 5.13. The number of para-hydroxylation sites is 1. The molecule has 0 radical (unpaired) electrons. The third-order valence-corrected chi connectivity index (χ3v) is 3.86. The maximum Gasteiger partial charge on any atom is 0.321 e. The van der Waals surface area contributed by atoms with Gasteiger partial charge in [0, 0.05) is 12.6 Å². The minimum atomic E-state index is -0.398. The molecule has 126 valence electrons. The lowest BCUT2D eigenvalue weighted by Crippen LogP contribution is -2.49. The topological polar surface area (TPSA) is 70.7 Å². The van der Waals surface area contributed by atoms with E-state index in [4.69, 9.17) is 4.74 Å². The Morgan fingerprint density at radius 2 is 2.00 bits per heavy atom. The second kappa shape index (κ2) is 8.53. The van der Waals surface area contributed by atoms with E-state index in [2.05, 4.69) is 10.6 Å². The average molecular weight is 319 g/mol. The Morgan fingerprint density at radius 3 is 2.65 bits per heavy atom. The summed E-state index contributed by atoms with van der Waals surface area (Å²) in [6.45, 7) is 3.09. The number of nitrogens with zero attached hydrogens (tertiary/aromatic N) is 1. The van der Waals surface area contributed by atoms with Gasteiger partial charge >= 0.3 is 6.03 Å². The van der Waals surface area contributed by atoms with Gasteiger partial charge < -0.3 is 10.1 Å². The average Bonchev–Trinajstić information content (AvgIpc) is 3.35. The van der Waals surface area contributed by atoms with Crippen LogP contribution >= 0.6 is 0 Å². The predicted octanol–water partition coefficient (Wildman–Crippen LogP) is 1.76. The van der Waals surface area contributed by atoms with Gasteiger partial charge in [-0.3, -0.25) is 15.0 Å². The van der Waals surface area contributed by atoms with Gasteiger partial charge in [0.25, 0.3) is 0 Å².